The summed E-state index contributed by atoms with van der Waals surface area (Å²) < 4.78 is 45.7. The molecule has 0 N–H and O–H groups in total. The van der Waals surface area contributed by atoms with E-state index >= 15 is 0 Å². The fourth-order valence-electron chi connectivity index (χ4n) is 4.62. The lowest BCUT2D eigenvalue weighted by molar-refractivity contribution is -0.388. The van der Waals surface area contributed by atoms with Crippen LogP contribution >= 0.6 is 0 Å². The zero-order chi connectivity index (χ0) is 26.6. The van der Waals surface area contributed by atoms with Crippen LogP contribution in [0.3, 0.4) is 0 Å². The SMILES string of the molecule is C.[C-]#[N+]c1ccc(N2CCN(C(=O)COC3CCN(c4ccc([N+](=O)[O-])c(C(F)(F)F)c4)CC3)CC2)cc1. The van der Waals surface area contributed by atoms with E-state index < -0.39 is 22.4 Å². The molecule has 4 rings (SSSR count). The van der Waals surface area contributed by atoms with E-state index in [4.69, 9.17) is 11.3 Å². The Morgan fingerprint density at radius 2 is 1.58 bits per heavy atom. The van der Waals surface area contributed by atoms with Crippen LogP contribution in [0.15, 0.2) is 42.5 Å². The molecular formula is C26H30F3N5O4. The summed E-state index contributed by atoms with van der Waals surface area (Å²) in [5.74, 6) is -0.101. The average Bonchev–Trinajstić information content (AvgIpc) is 2.91. The van der Waals surface area contributed by atoms with E-state index in [1.807, 2.05) is 12.1 Å². The molecule has 0 bridgehead atoms. The molecule has 204 valence electrons. The molecule has 2 aromatic rings. The molecule has 0 unspecified atom stereocenters. The number of carbonyl (C=O) groups excluding carboxylic acids is 1. The maximum absolute atomic E-state index is 13.3. The Bertz CT molecular complexity index is 1170. The van der Waals surface area contributed by atoms with Crippen molar-refractivity contribution in [2.75, 3.05) is 55.7 Å². The summed E-state index contributed by atoms with van der Waals surface area (Å²) in [7, 11) is 0. The summed E-state index contributed by atoms with van der Waals surface area (Å²) in [6.45, 7) is 10.3. The van der Waals surface area contributed by atoms with Crippen molar-refractivity contribution >= 4 is 28.7 Å². The van der Waals surface area contributed by atoms with Crippen LogP contribution in [0.5, 0.6) is 0 Å². The van der Waals surface area contributed by atoms with Crippen LogP contribution in [0.1, 0.15) is 25.8 Å². The van der Waals surface area contributed by atoms with E-state index in [0.717, 1.165) is 17.8 Å². The molecule has 0 radical (unpaired) electrons. The molecule has 12 heteroatoms. The van der Waals surface area contributed by atoms with Gasteiger partial charge in [-0.05, 0) is 37.1 Å². The van der Waals surface area contributed by atoms with Crippen molar-refractivity contribution in [3.8, 4) is 0 Å². The van der Waals surface area contributed by atoms with Gasteiger partial charge in [-0.2, -0.15) is 13.2 Å². The van der Waals surface area contributed by atoms with Gasteiger partial charge >= 0.3 is 6.18 Å². The van der Waals surface area contributed by atoms with E-state index in [-0.39, 0.29) is 31.7 Å². The van der Waals surface area contributed by atoms with Gasteiger partial charge in [0.05, 0.1) is 17.6 Å². The summed E-state index contributed by atoms with van der Waals surface area (Å²) in [4.78, 5) is 31.6. The Balaban J connectivity index is 0.00000400. The van der Waals surface area contributed by atoms with Crippen LogP contribution in [0.2, 0.25) is 0 Å². The third kappa shape index (κ3) is 6.72. The highest BCUT2D eigenvalue weighted by molar-refractivity contribution is 5.77. The highest BCUT2D eigenvalue weighted by atomic mass is 19.4. The number of benzene rings is 2. The summed E-state index contributed by atoms with van der Waals surface area (Å²) in [6.07, 6.45) is -3.96. The lowest BCUT2D eigenvalue weighted by Crippen LogP contribution is -2.50. The first-order chi connectivity index (χ1) is 17.7. The second-order valence-electron chi connectivity index (χ2n) is 8.95. The Kier molecular flexibility index (Phi) is 9.17. The van der Waals surface area contributed by atoms with Gasteiger partial charge in [-0.3, -0.25) is 14.9 Å². The van der Waals surface area contributed by atoms with Gasteiger partial charge in [0.1, 0.15) is 12.2 Å². The number of nitro groups is 1. The number of anilines is 2. The van der Waals surface area contributed by atoms with Gasteiger partial charge in [-0.1, -0.05) is 19.6 Å². The largest absolute Gasteiger partial charge is 0.423 e. The van der Waals surface area contributed by atoms with E-state index in [1.165, 1.54) is 6.07 Å². The number of ether oxygens (including phenoxy) is 1. The number of carbonyl (C=O) groups is 1. The average molecular weight is 534 g/mol. The Hall–Kier alpha value is -3.85. The minimum absolute atomic E-state index is 0. The van der Waals surface area contributed by atoms with Gasteiger partial charge in [0.2, 0.25) is 5.91 Å². The summed E-state index contributed by atoms with van der Waals surface area (Å²) >= 11 is 0. The van der Waals surface area contributed by atoms with Crippen LogP contribution < -0.4 is 9.80 Å². The van der Waals surface area contributed by atoms with E-state index in [1.54, 1.807) is 21.9 Å². The van der Waals surface area contributed by atoms with Gasteiger partial charge in [0.15, 0.2) is 5.69 Å². The van der Waals surface area contributed by atoms with E-state index in [2.05, 4.69) is 9.74 Å². The molecule has 0 aromatic heterocycles. The van der Waals surface area contributed by atoms with Crippen molar-refractivity contribution in [1.82, 2.24) is 4.90 Å². The fourth-order valence-corrected chi connectivity index (χ4v) is 4.62. The second-order valence-corrected chi connectivity index (χ2v) is 8.95. The fraction of sp³-hybridized carbons (Fsp3) is 0.462. The number of amides is 1. The van der Waals surface area contributed by atoms with Crippen molar-refractivity contribution in [1.29, 1.82) is 0 Å². The lowest BCUT2D eigenvalue weighted by Gasteiger charge is -2.37. The van der Waals surface area contributed by atoms with Crippen molar-refractivity contribution in [2.24, 2.45) is 0 Å². The molecule has 9 nitrogen and oxygen atoms in total. The predicted octanol–water partition coefficient (Wildman–Crippen LogP) is 5.13. The van der Waals surface area contributed by atoms with Gasteiger partial charge in [-0.15, -0.1) is 0 Å². The topological polar surface area (TPSA) is 83.5 Å². The zero-order valence-electron chi connectivity index (χ0n) is 20.0. The van der Waals surface area contributed by atoms with E-state index in [9.17, 15) is 28.1 Å². The molecule has 38 heavy (non-hydrogen) atoms. The first kappa shape index (κ1) is 28.7. The van der Waals surface area contributed by atoms with Crippen molar-refractivity contribution in [3.63, 3.8) is 0 Å². The molecule has 0 saturated carbocycles. The van der Waals surface area contributed by atoms with Crippen LogP contribution in [0.4, 0.5) is 35.9 Å². The summed E-state index contributed by atoms with van der Waals surface area (Å²) in [6, 6.07) is 10.4. The van der Waals surface area contributed by atoms with Crippen molar-refractivity contribution in [3.05, 3.63) is 69.6 Å². The highest BCUT2D eigenvalue weighted by Gasteiger charge is 2.39. The predicted molar refractivity (Wildman–Crippen MR) is 138 cm³/mol. The standard InChI is InChI=1S/C25H26F3N5O4.CH4/c1-29-18-2-4-19(5-3-18)31-12-14-32(15-13-31)24(34)17-37-21-8-10-30(11-9-21)20-6-7-23(33(35)36)22(16-20)25(26,27)28;/h2-7,16,21H,8-15,17H2;1H4. The van der Waals surface area contributed by atoms with Crippen molar-refractivity contribution < 1.29 is 27.6 Å². The molecule has 0 spiro atoms. The number of hydrogen-bond acceptors (Lipinski definition) is 6. The number of alkyl halides is 3. The Morgan fingerprint density at radius 1 is 1.00 bits per heavy atom. The number of nitro benzene ring substituents is 1. The van der Waals surface area contributed by atoms with Gasteiger partial charge in [-0.25, -0.2) is 4.85 Å². The minimum atomic E-state index is -4.82. The number of piperidine rings is 1. The molecule has 2 aromatic carbocycles. The van der Waals surface area contributed by atoms with Gasteiger partial charge in [0.25, 0.3) is 5.69 Å². The molecule has 0 aliphatic carbocycles. The number of rotatable bonds is 6. The minimum Gasteiger partial charge on any atom is -0.371 e. The number of nitrogens with zero attached hydrogens (tertiary/aromatic N) is 5. The Morgan fingerprint density at radius 3 is 2.13 bits per heavy atom. The molecule has 1 amide bonds. The quantitative estimate of drug-likeness (QED) is 0.291. The first-order valence-corrected chi connectivity index (χ1v) is 11.9. The molecule has 2 aliphatic heterocycles. The normalized spacial score (nSPS) is 16.5. The third-order valence-electron chi connectivity index (χ3n) is 6.71. The van der Waals surface area contributed by atoms with Crippen LogP contribution in [0, 0.1) is 16.7 Å². The smallest absolute Gasteiger partial charge is 0.371 e. The molecule has 2 fully saturated rings. The summed E-state index contributed by atoms with van der Waals surface area (Å²) in [5.41, 5.74) is -0.363. The number of halogens is 3. The molecule has 2 saturated heterocycles. The Labute approximate surface area is 219 Å². The second kappa shape index (κ2) is 12.1. The molecule has 0 atom stereocenters. The highest BCUT2D eigenvalue weighted by Crippen LogP contribution is 2.38. The molecular weight excluding hydrogens is 503 g/mol. The zero-order valence-corrected chi connectivity index (χ0v) is 20.0. The van der Waals surface area contributed by atoms with E-state index in [0.29, 0.717) is 57.8 Å². The molecule has 2 heterocycles. The maximum atomic E-state index is 13.3. The number of piperazine rings is 1. The number of hydrogen-bond donors (Lipinski definition) is 0. The van der Waals surface area contributed by atoms with Crippen LogP contribution in [0.25, 0.3) is 4.85 Å². The molecule has 2 aliphatic rings. The first-order valence-electron chi connectivity index (χ1n) is 11.9. The van der Waals surface area contributed by atoms with Gasteiger partial charge in [0, 0.05) is 56.7 Å². The maximum Gasteiger partial charge on any atom is 0.423 e. The van der Waals surface area contributed by atoms with Crippen molar-refractivity contribution in [2.45, 2.75) is 32.5 Å². The summed E-state index contributed by atoms with van der Waals surface area (Å²) in [5, 5.41) is 11.0. The monoisotopic (exact) mass is 533 g/mol. The van der Waals surface area contributed by atoms with Crippen LogP contribution in [-0.4, -0.2) is 67.7 Å². The lowest BCUT2D eigenvalue weighted by atomic mass is 10.1. The van der Waals surface area contributed by atoms with Gasteiger partial charge < -0.3 is 19.4 Å². The third-order valence-corrected chi connectivity index (χ3v) is 6.71. The van der Waals surface area contributed by atoms with Crippen LogP contribution in [-0.2, 0) is 15.7 Å².